The molecule has 0 bridgehead atoms. The molecular formula is C21H24N4O3. The van der Waals surface area contributed by atoms with Gasteiger partial charge in [0.1, 0.15) is 17.3 Å². The number of aromatic amines is 1. The molecule has 2 aromatic carbocycles. The molecular weight excluding hydrogens is 356 g/mol. The number of amides is 1. The predicted molar refractivity (Wildman–Crippen MR) is 106 cm³/mol. The summed E-state index contributed by atoms with van der Waals surface area (Å²) in [6.07, 6.45) is 0. The SMILES string of the molecule is COc1cccc(OCC(=O)N2CCN(Cc3nc4ccccc4[nH]3)CC2)c1. The van der Waals surface area contributed by atoms with E-state index in [1.807, 2.05) is 47.4 Å². The first kappa shape index (κ1) is 18.3. The summed E-state index contributed by atoms with van der Waals surface area (Å²) in [4.78, 5) is 24.6. The first-order chi connectivity index (χ1) is 13.7. The molecule has 1 N–H and O–H groups in total. The number of hydrogen-bond donors (Lipinski definition) is 1. The second-order valence-electron chi connectivity index (χ2n) is 6.83. The molecule has 0 radical (unpaired) electrons. The third-order valence-electron chi connectivity index (χ3n) is 4.94. The lowest BCUT2D eigenvalue weighted by atomic mass is 10.3. The largest absolute Gasteiger partial charge is 0.497 e. The van der Waals surface area contributed by atoms with E-state index in [-0.39, 0.29) is 12.5 Å². The normalized spacial score (nSPS) is 15.0. The Balaban J connectivity index is 1.25. The molecule has 1 aliphatic heterocycles. The van der Waals surface area contributed by atoms with Crippen LogP contribution in [-0.4, -0.2) is 65.6 Å². The summed E-state index contributed by atoms with van der Waals surface area (Å²) >= 11 is 0. The second kappa shape index (κ2) is 8.31. The van der Waals surface area contributed by atoms with Crippen molar-refractivity contribution in [2.45, 2.75) is 6.54 Å². The molecule has 1 aromatic heterocycles. The van der Waals surface area contributed by atoms with E-state index in [9.17, 15) is 4.79 Å². The standard InChI is InChI=1S/C21H24N4O3/c1-27-16-5-4-6-17(13-16)28-15-21(26)25-11-9-24(10-12-25)14-20-22-18-7-2-3-8-19(18)23-20/h2-8,13H,9-12,14-15H2,1H3,(H,22,23). The Kier molecular flexibility index (Phi) is 5.43. The molecule has 1 fully saturated rings. The van der Waals surface area contributed by atoms with Crippen LogP contribution in [0.4, 0.5) is 0 Å². The molecule has 3 aromatic rings. The van der Waals surface area contributed by atoms with Crippen molar-refractivity contribution in [3.63, 3.8) is 0 Å². The fourth-order valence-electron chi connectivity index (χ4n) is 3.38. The number of methoxy groups -OCH3 is 1. The highest BCUT2D eigenvalue weighted by Gasteiger charge is 2.22. The predicted octanol–water partition coefficient (Wildman–Crippen LogP) is 2.29. The number of nitrogens with one attached hydrogen (secondary N) is 1. The van der Waals surface area contributed by atoms with Crippen molar-refractivity contribution >= 4 is 16.9 Å². The molecule has 0 unspecified atom stereocenters. The van der Waals surface area contributed by atoms with Crippen LogP contribution in [0.25, 0.3) is 11.0 Å². The number of piperazine rings is 1. The molecule has 4 rings (SSSR count). The number of rotatable bonds is 6. The highest BCUT2D eigenvalue weighted by atomic mass is 16.5. The number of carbonyl (C=O) groups is 1. The van der Waals surface area contributed by atoms with Gasteiger partial charge in [0.2, 0.25) is 0 Å². The molecule has 0 saturated carbocycles. The van der Waals surface area contributed by atoms with Gasteiger partial charge < -0.3 is 19.4 Å². The maximum atomic E-state index is 12.4. The lowest BCUT2D eigenvalue weighted by Crippen LogP contribution is -2.49. The number of imidazole rings is 1. The quantitative estimate of drug-likeness (QED) is 0.711. The monoisotopic (exact) mass is 380 g/mol. The molecule has 7 nitrogen and oxygen atoms in total. The van der Waals surface area contributed by atoms with E-state index in [1.54, 1.807) is 13.2 Å². The molecule has 7 heteroatoms. The maximum Gasteiger partial charge on any atom is 0.260 e. The molecule has 0 aliphatic carbocycles. The summed E-state index contributed by atoms with van der Waals surface area (Å²) in [6, 6.07) is 15.3. The van der Waals surface area contributed by atoms with Crippen molar-refractivity contribution in [3.8, 4) is 11.5 Å². The fourth-order valence-corrected chi connectivity index (χ4v) is 3.38. The lowest BCUT2D eigenvalue weighted by Gasteiger charge is -2.34. The zero-order valence-corrected chi connectivity index (χ0v) is 15.9. The van der Waals surface area contributed by atoms with Gasteiger partial charge in [-0.25, -0.2) is 4.98 Å². The fraction of sp³-hybridized carbons (Fsp3) is 0.333. The van der Waals surface area contributed by atoms with Crippen LogP contribution < -0.4 is 9.47 Å². The zero-order valence-electron chi connectivity index (χ0n) is 15.9. The minimum Gasteiger partial charge on any atom is -0.497 e. The smallest absolute Gasteiger partial charge is 0.260 e. The number of hydrogen-bond acceptors (Lipinski definition) is 5. The van der Waals surface area contributed by atoms with Gasteiger partial charge in [-0.2, -0.15) is 0 Å². The number of para-hydroxylation sites is 2. The van der Waals surface area contributed by atoms with Crippen molar-refractivity contribution in [1.29, 1.82) is 0 Å². The maximum absolute atomic E-state index is 12.4. The van der Waals surface area contributed by atoms with Gasteiger partial charge in [-0.05, 0) is 24.3 Å². The lowest BCUT2D eigenvalue weighted by molar-refractivity contribution is -0.135. The van der Waals surface area contributed by atoms with Gasteiger partial charge in [0.25, 0.3) is 5.91 Å². The Hall–Kier alpha value is -3.06. The van der Waals surface area contributed by atoms with Crippen LogP contribution in [0.3, 0.4) is 0 Å². The molecule has 1 aliphatic rings. The summed E-state index contributed by atoms with van der Waals surface area (Å²) in [7, 11) is 1.61. The molecule has 1 amide bonds. The van der Waals surface area contributed by atoms with Crippen molar-refractivity contribution < 1.29 is 14.3 Å². The van der Waals surface area contributed by atoms with Gasteiger partial charge in [-0.1, -0.05) is 18.2 Å². The van der Waals surface area contributed by atoms with Crippen molar-refractivity contribution in [3.05, 3.63) is 54.4 Å². The van der Waals surface area contributed by atoms with Crippen LogP contribution in [0.15, 0.2) is 48.5 Å². The molecule has 0 spiro atoms. The second-order valence-corrected chi connectivity index (χ2v) is 6.83. The average molecular weight is 380 g/mol. The molecule has 28 heavy (non-hydrogen) atoms. The third-order valence-corrected chi connectivity index (χ3v) is 4.94. The Morgan fingerprint density at radius 2 is 1.86 bits per heavy atom. The van der Waals surface area contributed by atoms with Gasteiger partial charge in [-0.15, -0.1) is 0 Å². The Morgan fingerprint density at radius 1 is 1.07 bits per heavy atom. The number of H-pyrrole nitrogens is 1. The van der Waals surface area contributed by atoms with Gasteiger partial charge in [0.05, 0.1) is 24.7 Å². The van der Waals surface area contributed by atoms with Gasteiger partial charge >= 0.3 is 0 Å². The molecule has 146 valence electrons. The van der Waals surface area contributed by atoms with Gasteiger partial charge in [0, 0.05) is 32.2 Å². The highest BCUT2D eigenvalue weighted by molar-refractivity contribution is 5.78. The van der Waals surface area contributed by atoms with E-state index in [1.165, 1.54) is 0 Å². The van der Waals surface area contributed by atoms with Crippen LogP contribution >= 0.6 is 0 Å². The van der Waals surface area contributed by atoms with E-state index in [0.717, 1.165) is 36.5 Å². The minimum atomic E-state index is 0.00575. The Labute approximate surface area is 163 Å². The summed E-state index contributed by atoms with van der Waals surface area (Å²) in [5.74, 6) is 2.31. The van der Waals surface area contributed by atoms with Crippen molar-refractivity contribution in [2.24, 2.45) is 0 Å². The van der Waals surface area contributed by atoms with E-state index in [2.05, 4.69) is 14.9 Å². The Bertz CT molecular complexity index is 914. The first-order valence-corrected chi connectivity index (χ1v) is 9.42. The zero-order chi connectivity index (χ0) is 19.3. The Morgan fingerprint density at radius 3 is 2.64 bits per heavy atom. The van der Waals surface area contributed by atoms with Crippen LogP contribution in [0, 0.1) is 0 Å². The number of benzene rings is 2. The van der Waals surface area contributed by atoms with Crippen LogP contribution in [0.2, 0.25) is 0 Å². The topological polar surface area (TPSA) is 70.7 Å². The number of fused-ring (bicyclic) bond motifs is 1. The van der Waals surface area contributed by atoms with E-state index >= 15 is 0 Å². The summed E-state index contributed by atoms with van der Waals surface area (Å²) in [5.41, 5.74) is 2.04. The van der Waals surface area contributed by atoms with Crippen LogP contribution in [-0.2, 0) is 11.3 Å². The minimum absolute atomic E-state index is 0.00575. The molecule has 1 saturated heterocycles. The third kappa shape index (κ3) is 4.26. The molecule has 2 heterocycles. The van der Waals surface area contributed by atoms with E-state index in [0.29, 0.717) is 24.6 Å². The first-order valence-electron chi connectivity index (χ1n) is 9.42. The summed E-state index contributed by atoms with van der Waals surface area (Å²) < 4.78 is 10.8. The van der Waals surface area contributed by atoms with E-state index < -0.39 is 0 Å². The number of aromatic nitrogens is 2. The summed E-state index contributed by atoms with van der Waals surface area (Å²) in [5, 5.41) is 0. The van der Waals surface area contributed by atoms with Crippen molar-refractivity contribution in [2.75, 3.05) is 39.9 Å². The van der Waals surface area contributed by atoms with Gasteiger partial charge in [0.15, 0.2) is 6.61 Å². The number of nitrogens with zero attached hydrogens (tertiary/aromatic N) is 3. The number of carbonyl (C=O) groups excluding carboxylic acids is 1. The van der Waals surface area contributed by atoms with Gasteiger partial charge in [-0.3, -0.25) is 9.69 Å². The number of ether oxygens (including phenoxy) is 2. The van der Waals surface area contributed by atoms with E-state index in [4.69, 9.17) is 9.47 Å². The van der Waals surface area contributed by atoms with Crippen molar-refractivity contribution in [1.82, 2.24) is 19.8 Å². The summed E-state index contributed by atoms with van der Waals surface area (Å²) in [6.45, 7) is 3.83. The molecule has 0 atom stereocenters. The van der Waals surface area contributed by atoms with Crippen LogP contribution in [0.1, 0.15) is 5.82 Å². The van der Waals surface area contributed by atoms with Crippen LogP contribution in [0.5, 0.6) is 11.5 Å². The average Bonchev–Trinajstić information content (AvgIpc) is 3.15. The highest BCUT2D eigenvalue weighted by Crippen LogP contribution is 2.19.